The molecule has 1 aliphatic rings. The Balaban J connectivity index is 1.68. The number of aromatic nitrogens is 2. The van der Waals surface area contributed by atoms with Crippen molar-refractivity contribution in [2.24, 2.45) is 0 Å². The molecular formula is C17H19BrClFN4O4S. The number of H-pyrrole nitrogens is 1. The zero-order valence-electron chi connectivity index (χ0n) is 15.6. The van der Waals surface area contributed by atoms with E-state index in [0.717, 1.165) is 11.3 Å². The number of hydrogen-bond donors (Lipinski definition) is 3. The Bertz CT molecular complexity index is 937. The van der Waals surface area contributed by atoms with E-state index in [-0.39, 0.29) is 28.7 Å². The summed E-state index contributed by atoms with van der Waals surface area (Å²) < 4.78 is 20.4. The molecule has 0 aromatic carbocycles. The van der Waals surface area contributed by atoms with Crippen molar-refractivity contribution < 1.29 is 23.8 Å². The molecule has 12 heteroatoms. The summed E-state index contributed by atoms with van der Waals surface area (Å²) in [5.41, 5.74) is 1.20. The third-order valence-corrected chi connectivity index (χ3v) is 7.31. The standard InChI is InChI=1S/C17H19BrClFN4O4S/c1-7-11(18)12(19)13(21-7)15(25)22-9-3-4-24(5-8(9)20)17-23-10(6-28-2)14(29-17)16(26)27/h8-9,21H,3-6H2,1-2H3,(H,22,25)(H,26,27)/t8-,9+/m0/s1. The van der Waals surface area contributed by atoms with Crippen LogP contribution in [0.15, 0.2) is 4.47 Å². The Hall–Kier alpha value is -1.69. The van der Waals surface area contributed by atoms with Crippen LogP contribution in [0.3, 0.4) is 0 Å². The van der Waals surface area contributed by atoms with Crippen molar-refractivity contribution in [1.29, 1.82) is 0 Å². The van der Waals surface area contributed by atoms with Crippen LogP contribution in [0.25, 0.3) is 0 Å². The quantitative estimate of drug-likeness (QED) is 0.551. The van der Waals surface area contributed by atoms with E-state index in [2.05, 4.69) is 31.2 Å². The van der Waals surface area contributed by atoms with Gasteiger partial charge in [0.05, 0.1) is 34.4 Å². The van der Waals surface area contributed by atoms with Gasteiger partial charge in [0.1, 0.15) is 16.7 Å². The smallest absolute Gasteiger partial charge is 0.347 e. The molecule has 29 heavy (non-hydrogen) atoms. The number of carbonyl (C=O) groups excluding carboxylic acids is 1. The summed E-state index contributed by atoms with van der Waals surface area (Å²) in [6, 6.07) is -0.686. The number of thiazole rings is 1. The minimum Gasteiger partial charge on any atom is -0.477 e. The lowest BCUT2D eigenvalue weighted by molar-refractivity contribution is 0.0696. The fourth-order valence-electron chi connectivity index (χ4n) is 3.09. The molecule has 0 unspecified atom stereocenters. The van der Waals surface area contributed by atoms with Crippen molar-refractivity contribution >= 4 is 55.9 Å². The predicted octanol–water partition coefficient (Wildman–Crippen LogP) is 3.39. The van der Waals surface area contributed by atoms with Crippen LogP contribution in [0, 0.1) is 6.92 Å². The number of halogens is 3. The number of aromatic carboxylic acids is 1. The number of anilines is 1. The molecule has 0 spiro atoms. The van der Waals surface area contributed by atoms with Crippen molar-refractivity contribution in [2.75, 3.05) is 25.1 Å². The maximum Gasteiger partial charge on any atom is 0.347 e. The van der Waals surface area contributed by atoms with E-state index in [9.17, 15) is 19.1 Å². The van der Waals surface area contributed by atoms with Gasteiger partial charge in [-0.15, -0.1) is 0 Å². The van der Waals surface area contributed by atoms with Gasteiger partial charge in [0, 0.05) is 19.3 Å². The number of piperidine rings is 1. The summed E-state index contributed by atoms with van der Waals surface area (Å²) in [7, 11) is 1.45. The molecule has 0 aliphatic carbocycles. The number of rotatable bonds is 6. The Morgan fingerprint density at radius 3 is 2.83 bits per heavy atom. The third-order valence-electron chi connectivity index (χ3n) is 4.57. The largest absolute Gasteiger partial charge is 0.477 e. The lowest BCUT2D eigenvalue weighted by Crippen LogP contribution is -2.52. The molecule has 3 rings (SSSR count). The van der Waals surface area contributed by atoms with Crippen LogP contribution in [-0.2, 0) is 11.3 Å². The van der Waals surface area contributed by atoms with Gasteiger partial charge in [-0.1, -0.05) is 22.9 Å². The maximum absolute atomic E-state index is 14.8. The SMILES string of the molecule is COCc1nc(N2CC[C@@H](NC(=O)c3[nH]c(C)c(Br)c3Cl)[C@@H](F)C2)sc1C(=O)O. The van der Waals surface area contributed by atoms with Crippen molar-refractivity contribution in [3.8, 4) is 0 Å². The molecule has 2 aromatic rings. The maximum atomic E-state index is 14.8. The van der Waals surface area contributed by atoms with Gasteiger partial charge < -0.3 is 25.0 Å². The number of nitrogens with one attached hydrogen (secondary N) is 2. The number of alkyl halides is 1. The lowest BCUT2D eigenvalue weighted by Gasteiger charge is -2.34. The molecule has 3 heterocycles. The first-order valence-electron chi connectivity index (χ1n) is 8.68. The van der Waals surface area contributed by atoms with E-state index in [0.29, 0.717) is 34.0 Å². The summed E-state index contributed by atoms with van der Waals surface area (Å²) in [6.45, 7) is 2.24. The predicted molar refractivity (Wildman–Crippen MR) is 111 cm³/mol. The van der Waals surface area contributed by atoms with Gasteiger partial charge in [-0.2, -0.15) is 0 Å². The first-order chi connectivity index (χ1) is 13.7. The van der Waals surface area contributed by atoms with E-state index in [1.807, 2.05) is 0 Å². The topological polar surface area (TPSA) is 108 Å². The number of aromatic amines is 1. The van der Waals surface area contributed by atoms with Crippen molar-refractivity contribution in [2.45, 2.75) is 32.2 Å². The normalized spacial score (nSPS) is 19.4. The number of carboxylic acid groups (broad SMARTS) is 1. The highest BCUT2D eigenvalue weighted by atomic mass is 79.9. The number of ether oxygens (including phenoxy) is 1. The van der Waals surface area contributed by atoms with Crippen LogP contribution in [0.1, 0.15) is 38.0 Å². The van der Waals surface area contributed by atoms with Gasteiger partial charge in [0.25, 0.3) is 5.91 Å². The van der Waals surface area contributed by atoms with Crippen LogP contribution < -0.4 is 10.2 Å². The minimum absolute atomic E-state index is 0.00881. The second kappa shape index (κ2) is 8.99. The summed E-state index contributed by atoms with van der Waals surface area (Å²) >= 11 is 10.4. The summed E-state index contributed by atoms with van der Waals surface area (Å²) in [6.07, 6.45) is -1.01. The molecule has 3 N–H and O–H groups in total. The highest BCUT2D eigenvalue weighted by molar-refractivity contribution is 9.10. The van der Waals surface area contributed by atoms with Crippen molar-refractivity contribution in [1.82, 2.24) is 15.3 Å². The summed E-state index contributed by atoms with van der Waals surface area (Å²) in [4.78, 5) is 32.8. The molecule has 158 valence electrons. The van der Waals surface area contributed by atoms with Crippen LogP contribution in [0.5, 0.6) is 0 Å². The van der Waals surface area contributed by atoms with E-state index in [1.165, 1.54) is 7.11 Å². The third kappa shape index (κ3) is 4.57. The summed E-state index contributed by atoms with van der Waals surface area (Å²) in [5, 5.41) is 12.7. The van der Waals surface area contributed by atoms with E-state index < -0.39 is 24.1 Å². The average molecular weight is 510 g/mol. The van der Waals surface area contributed by atoms with E-state index in [1.54, 1.807) is 11.8 Å². The second-order valence-corrected chi connectivity index (χ2v) is 8.74. The number of hydrogen-bond acceptors (Lipinski definition) is 6. The van der Waals surface area contributed by atoms with Gasteiger partial charge in [-0.3, -0.25) is 4.79 Å². The summed E-state index contributed by atoms with van der Waals surface area (Å²) in [5.74, 6) is -1.57. The number of aryl methyl sites for hydroxylation is 1. The number of carboxylic acids is 1. The highest BCUT2D eigenvalue weighted by Gasteiger charge is 2.33. The van der Waals surface area contributed by atoms with Gasteiger partial charge in [-0.05, 0) is 29.3 Å². The van der Waals surface area contributed by atoms with E-state index >= 15 is 0 Å². The zero-order valence-corrected chi connectivity index (χ0v) is 18.8. The Kier molecular flexibility index (Phi) is 6.82. The zero-order chi connectivity index (χ0) is 21.3. The van der Waals surface area contributed by atoms with Crippen LogP contribution >= 0.6 is 38.9 Å². The molecule has 8 nitrogen and oxygen atoms in total. The number of amides is 1. The van der Waals surface area contributed by atoms with Crippen LogP contribution in [-0.4, -0.2) is 59.4 Å². The van der Waals surface area contributed by atoms with Crippen LogP contribution in [0.4, 0.5) is 9.52 Å². The van der Waals surface area contributed by atoms with Gasteiger partial charge >= 0.3 is 5.97 Å². The lowest BCUT2D eigenvalue weighted by atomic mass is 10.0. The fraction of sp³-hybridized carbons (Fsp3) is 0.471. The first kappa shape index (κ1) is 22.0. The molecule has 0 bridgehead atoms. The van der Waals surface area contributed by atoms with E-state index in [4.69, 9.17) is 16.3 Å². The second-order valence-electron chi connectivity index (χ2n) is 6.59. The number of methoxy groups -OCH3 is 1. The minimum atomic E-state index is -1.35. The molecule has 1 aliphatic heterocycles. The molecule has 0 radical (unpaired) electrons. The molecule has 2 aromatic heterocycles. The Morgan fingerprint density at radius 1 is 1.55 bits per heavy atom. The highest BCUT2D eigenvalue weighted by Crippen LogP contribution is 2.31. The monoisotopic (exact) mass is 508 g/mol. The average Bonchev–Trinajstić information content (AvgIpc) is 3.20. The van der Waals surface area contributed by atoms with Crippen molar-refractivity contribution in [3.05, 3.63) is 31.5 Å². The molecule has 1 saturated heterocycles. The van der Waals surface area contributed by atoms with Crippen LogP contribution in [0.2, 0.25) is 5.02 Å². The van der Waals surface area contributed by atoms with Crippen molar-refractivity contribution in [3.63, 3.8) is 0 Å². The molecule has 0 saturated carbocycles. The molecule has 2 atom stereocenters. The Labute approximate surface area is 183 Å². The van der Waals surface area contributed by atoms with Gasteiger partial charge in [0.15, 0.2) is 5.13 Å². The number of carbonyl (C=O) groups is 2. The molecular weight excluding hydrogens is 491 g/mol. The first-order valence-corrected chi connectivity index (χ1v) is 10.7. The molecule has 1 fully saturated rings. The van der Waals surface area contributed by atoms with Gasteiger partial charge in [-0.25, -0.2) is 14.2 Å². The Morgan fingerprint density at radius 2 is 2.28 bits per heavy atom. The number of nitrogens with zero attached hydrogens (tertiary/aromatic N) is 2. The van der Waals surface area contributed by atoms with Gasteiger partial charge in [0.2, 0.25) is 0 Å². The molecule has 1 amide bonds. The fourth-order valence-corrected chi connectivity index (χ4v) is 4.60.